The summed E-state index contributed by atoms with van der Waals surface area (Å²) in [7, 11) is 0. The molecule has 3 aliphatic rings. The van der Waals surface area contributed by atoms with Crippen molar-refractivity contribution in [2.24, 2.45) is 17.8 Å². The van der Waals surface area contributed by atoms with Crippen LogP contribution in [-0.2, 0) is 10.9 Å². The maximum atomic E-state index is 13.9. The molecule has 0 spiro atoms. The van der Waals surface area contributed by atoms with Crippen LogP contribution in [0, 0.1) is 24.7 Å². The van der Waals surface area contributed by atoms with Gasteiger partial charge in [-0.05, 0) is 68.1 Å². The molecule has 2 unspecified atom stereocenters. The molecule has 2 aliphatic heterocycles. The van der Waals surface area contributed by atoms with Gasteiger partial charge in [0.25, 0.3) is 0 Å². The molecule has 1 aliphatic carbocycles. The number of fused-ring (bicyclic) bond motifs is 1. The lowest BCUT2D eigenvalue weighted by molar-refractivity contribution is -0.137. The highest BCUT2D eigenvalue weighted by Gasteiger charge is 2.43. The Morgan fingerprint density at radius 2 is 1.85 bits per heavy atom. The Kier molecular flexibility index (Phi) is 6.26. The minimum Gasteiger partial charge on any atom is -0.381 e. The summed E-state index contributed by atoms with van der Waals surface area (Å²) in [6, 6.07) is 2.83. The van der Waals surface area contributed by atoms with E-state index >= 15 is 0 Å². The molecule has 3 fully saturated rings. The predicted molar refractivity (Wildman–Crippen MR) is 119 cm³/mol. The molecule has 1 saturated carbocycles. The summed E-state index contributed by atoms with van der Waals surface area (Å²) in [4.78, 5) is 6.57. The molecule has 1 N–H and O–H groups in total. The van der Waals surface area contributed by atoms with Gasteiger partial charge in [-0.3, -0.25) is 4.98 Å². The van der Waals surface area contributed by atoms with Gasteiger partial charge in [0.05, 0.1) is 5.69 Å². The van der Waals surface area contributed by atoms with Crippen LogP contribution in [0.3, 0.4) is 0 Å². The van der Waals surface area contributed by atoms with Gasteiger partial charge in [0.2, 0.25) is 0 Å². The predicted octanol–water partition coefficient (Wildman–Crippen LogP) is 4.41. The Morgan fingerprint density at radius 1 is 1.12 bits per heavy atom. The highest BCUT2D eigenvalue weighted by Crippen LogP contribution is 2.42. The molecule has 2 atom stereocenters. The summed E-state index contributed by atoms with van der Waals surface area (Å²) in [5.41, 5.74) is 0.781. The number of hydrogen-bond acceptors (Lipinski definition) is 6. The smallest absolute Gasteiger partial charge is 0.381 e. The normalized spacial score (nSPS) is 26.5. The Hall–Kier alpha value is -2.26. The number of hydrogen-bond donors (Lipinski definition) is 1. The summed E-state index contributed by atoms with van der Waals surface area (Å²) in [5.74, 6) is 1.60. The summed E-state index contributed by atoms with van der Waals surface area (Å²) in [6.45, 7) is 6.74. The summed E-state index contributed by atoms with van der Waals surface area (Å²) in [5, 5.41) is 11.2. The maximum Gasteiger partial charge on any atom is 0.420 e. The van der Waals surface area contributed by atoms with Gasteiger partial charge in [-0.25, -0.2) is 0 Å². The number of rotatable bonds is 5. The van der Waals surface area contributed by atoms with Gasteiger partial charge < -0.3 is 15.0 Å². The van der Waals surface area contributed by atoms with Crippen molar-refractivity contribution in [3.63, 3.8) is 0 Å². The zero-order valence-electron chi connectivity index (χ0n) is 18.8. The second-order valence-corrected chi connectivity index (χ2v) is 9.79. The van der Waals surface area contributed by atoms with Crippen LogP contribution in [0.5, 0.6) is 0 Å². The average Bonchev–Trinajstić information content (AvgIpc) is 3.32. The van der Waals surface area contributed by atoms with Gasteiger partial charge in [-0.2, -0.15) is 13.2 Å². The minimum absolute atomic E-state index is 0.00777. The zero-order chi connectivity index (χ0) is 23.0. The number of alkyl halides is 3. The number of nitrogens with one attached hydrogen (secondary N) is 1. The first kappa shape index (κ1) is 22.5. The fourth-order valence-corrected chi connectivity index (χ4v) is 5.73. The highest BCUT2D eigenvalue weighted by atomic mass is 19.4. The van der Waals surface area contributed by atoms with Crippen LogP contribution in [0.4, 0.5) is 19.0 Å². The molecule has 6 nitrogen and oxygen atoms in total. The third-order valence-electron chi connectivity index (χ3n) is 7.44. The minimum atomic E-state index is -4.52. The lowest BCUT2D eigenvalue weighted by Gasteiger charge is -2.28. The number of pyridine rings is 1. The van der Waals surface area contributed by atoms with Crippen molar-refractivity contribution in [3.8, 4) is 11.3 Å². The van der Waals surface area contributed by atoms with Crippen molar-refractivity contribution < 1.29 is 17.9 Å². The van der Waals surface area contributed by atoms with Gasteiger partial charge in [0.15, 0.2) is 5.82 Å². The summed E-state index contributed by atoms with van der Waals surface area (Å²) in [6.07, 6.45) is 2.62. The largest absolute Gasteiger partial charge is 0.420 e. The molecule has 178 valence electrons. The molecule has 9 heteroatoms. The molecule has 2 aromatic heterocycles. The Morgan fingerprint density at radius 3 is 2.52 bits per heavy atom. The molecule has 2 aromatic rings. The van der Waals surface area contributed by atoms with Crippen LogP contribution >= 0.6 is 0 Å². The molecule has 4 heterocycles. The first-order chi connectivity index (χ1) is 15.9. The number of aryl methyl sites for hydroxylation is 1. The van der Waals surface area contributed by atoms with Crippen LogP contribution in [0.25, 0.3) is 11.3 Å². The van der Waals surface area contributed by atoms with E-state index in [2.05, 4.69) is 25.4 Å². The number of nitrogens with zero attached hydrogens (tertiary/aromatic N) is 4. The molecular weight excluding hydrogens is 431 g/mol. The van der Waals surface area contributed by atoms with E-state index < -0.39 is 11.7 Å². The summed E-state index contributed by atoms with van der Waals surface area (Å²) >= 11 is 0. The fourth-order valence-electron chi connectivity index (χ4n) is 5.73. The van der Waals surface area contributed by atoms with Crippen molar-refractivity contribution in [2.45, 2.75) is 44.8 Å². The van der Waals surface area contributed by atoms with Crippen molar-refractivity contribution in [1.29, 1.82) is 0 Å². The van der Waals surface area contributed by atoms with E-state index in [9.17, 15) is 13.2 Å². The number of ether oxygens (including phenoxy) is 1. The molecule has 0 amide bonds. The number of likely N-dealkylation sites (tertiary alicyclic amines) is 1. The van der Waals surface area contributed by atoms with E-state index in [-0.39, 0.29) is 17.6 Å². The van der Waals surface area contributed by atoms with Crippen molar-refractivity contribution in [2.75, 3.05) is 38.2 Å². The molecule has 0 bridgehead atoms. The molecule has 0 radical (unpaired) electrons. The van der Waals surface area contributed by atoms with E-state index in [1.807, 2.05) is 6.92 Å². The van der Waals surface area contributed by atoms with Crippen molar-refractivity contribution in [3.05, 3.63) is 35.7 Å². The lowest BCUT2D eigenvalue weighted by atomic mass is 10.00. The lowest BCUT2D eigenvalue weighted by Crippen LogP contribution is -2.32. The number of anilines is 1. The third kappa shape index (κ3) is 4.99. The molecule has 0 aromatic carbocycles. The van der Waals surface area contributed by atoms with Gasteiger partial charge >= 0.3 is 6.18 Å². The Labute approximate surface area is 191 Å². The molecular formula is C24H30F3N5O. The van der Waals surface area contributed by atoms with Crippen LogP contribution in [0.2, 0.25) is 0 Å². The topological polar surface area (TPSA) is 63.2 Å². The summed E-state index contributed by atoms with van der Waals surface area (Å²) < 4.78 is 47.1. The van der Waals surface area contributed by atoms with Gasteiger partial charge in [-0.15, -0.1) is 10.2 Å². The first-order valence-corrected chi connectivity index (χ1v) is 11.8. The highest BCUT2D eigenvalue weighted by molar-refractivity contribution is 5.64. The molecule has 2 saturated heterocycles. The van der Waals surface area contributed by atoms with Crippen LogP contribution in [0.15, 0.2) is 24.5 Å². The number of aromatic nitrogens is 3. The van der Waals surface area contributed by atoms with E-state index in [1.165, 1.54) is 6.20 Å². The Bertz CT molecular complexity index is 965. The van der Waals surface area contributed by atoms with E-state index in [0.717, 1.165) is 70.2 Å². The standard InChI is InChI=1S/C24H30F3N5O/c1-15-2-5-28-11-20(15)22-10-21(24(25,26)27)23(31-30-22)29-19-8-17-13-32(14-18(17)9-19)12-16-3-6-33-7-4-16/h2,5,10-11,16-19H,3-4,6-9,12-14H2,1H3,(H,29,31). The SMILES string of the molecule is Cc1ccncc1-c1cc(C(F)(F)F)c(NC2CC3CN(CC4CCOCC4)CC3C2)nn1. The second kappa shape index (κ2) is 9.18. The maximum absolute atomic E-state index is 13.9. The average molecular weight is 462 g/mol. The van der Waals surface area contributed by atoms with Gasteiger partial charge in [0, 0.05) is 56.8 Å². The number of halogens is 3. The first-order valence-electron chi connectivity index (χ1n) is 11.8. The van der Waals surface area contributed by atoms with E-state index in [4.69, 9.17) is 4.74 Å². The van der Waals surface area contributed by atoms with Crippen LogP contribution < -0.4 is 5.32 Å². The molecule has 33 heavy (non-hydrogen) atoms. The van der Waals surface area contributed by atoms with E-state index in [1.54, 1.807) is 12.3 Å². The Balaban J connectivity index is 1.25. The fraction of sp³-hybridized carbons (Fsp3) is 0.625. The zero-order valence-corrected chi connectivity index (χ0v) is 18.8. The van der Waals surface area contributed by atoms with Crippen molar-refractivity contribution in [1.82, 2.24) is 20.1 Å². The van der Waals surface area contributed by atoms with Crippen molar-refractivity contribution >= 4 is 5.82 Å². The third-order valence-corrected chi connectivity index (χ3v) is 7.44. The van der Waals surface area contributed by atoms with Gasteiger partial charge in [0.1, 0.15) is 5.56 Å². The molecule has 5 rings (SSSR count). The van der Waals surface area contributed by atoms with Gasteiger partial charge in [-0.1, -0.05) is 0 Å². The monoisotopic (exact) mass is 461 g/mol. The second-order valence-electron chi connectivity index (χ2n) is 9.79. The van der Waals surface area contributed by atoms with Crippen LogP contribution in [0.1, 0.15) is 36.8 Å². The van der Waals surface area contributed by atoms with Crippen LogP contribution in [-0.4, -0.2) is 59.0 Å². The van der Waals surface area contributed by atoms with E-state index in [0.29, 0.717) is 23.3 Å². The quantitative estimate of drug-likeness (QED) is 0.712.